The van der Waals surface area contributed by atoms with Crippen molar-refractivity contribution in [1.82, 2.24) is 4.90 Å². The van der Waals surface area contributed by atoms with Gasteiger partial charge in [0, 0.05) is 24.3 Å². The van der Waals surface area contributed by atoms with Crippen LogP contribution in [0.15, 0.2) is 36.4 Å². The van der Waals surface area contributed by atoms with Gasteiger partial charge < -0.3 is 15.0 Å². The molecule has 1 aliphatic heterocycles. The first-order valence-electron chi connectivity index (χ1n) is 8.77. The first-order chi connectivity index (χ1) is 13.4. The summed E-state index contributed by atoms with van der Waals surface area (Å²) < 4.78 is 31.6. The monoisotopic (exact) mass is 408 g/mol. The third-order valence-electron chi connectivity index (χ3n) is 4.67. The number of carbonyl (C=O) groups is 2. The van der Waals surface area contributed by atoms with Crippen LogP contribution in [0.3, 0.4) is 0 Å². The molecule has 5 nitrogen and oxygen atoms in total. The van der Waals surface area contributed by atoms with Crippen molar-refractivity contribution < 1.29 is 23.1 Å². The van der Waals surface area contributed by atoms with Crippen LogP contribution in [0.1, 0.15) is 23.2 Å². The Balaban J connectivity index is 1.66. The molecule has 1 unspecified atom stereocenters. The Labute approximate surface area is 166 Å². The molecule has 2 aromatic rings. The van der Waals surface area contributed by atoms with Crippen molar-refractivity contribution in [1.29, 1.82) is 0 Å². The molecule has 0 aromatic heterocycles. The van der Waals surface area contributed by atoms with Gasteiger partial charge in [-0.15, -0.1) is 0 Å². The largest absolute Gasteiger partial charge is 0.495 e. The normalized spacial score (nSPS) is 16.6. The molecule has 1 heterocycles. The third kappa shape index (κ3) is 4.42. The number of nitrogens with zero attached hydrogens (tertiary/aromatic N) is 1. The van der Waals surface area contributed by atoms with Gasteiger partial charge in [0.15, 0.2) is 11.6 Å². The summed E-state index contributed by atoms with van der Waals surface area (Å²) in [5, 5.41) is 3.17. The van der Waals surface area contributed by atoms with E-state index in [2.05, 4.69) is 5.32 Å². The SMILES string of the molecule is COc1ccc(NC(=O)C2CCCN(C(=O)c3ccc(F)c(F)c3)C2)cc1Cl. The molecule has 28 heavy (non-hydrogen) atoms. The van der Waals surface area contributed by atoms with Gasteiger partial charge in [-0.3, -0.25) is 9.59 Å². The average molecular weight is 409 g/mol. The molecular formula is C20H19ClF2N2O3. The fourth-order valence-corrected chi connectivity index (χ4v) is 3.43. The molecule has 3 rings (SSSR count). The number of piperidine rings is 1. The number of rotatable bonds is 4. The van der Waals surface area contributed by atoms with Gasteiger partial charge in [0.25, 0.3) is 5.91 Å². The highest BCUT2D eigenvalue weighted by atomic mass is 35.5. The summed E-state index contributed by atoms with van der Waals surface area (Å²) in [7, 11) is 1.50. The van der Waals surface area contributed by atoms with E-state index in [0.29, 0.717) is 35.8 Å². The minimum Gasteiger partial charge on any atom is -0.495 e. The van der Waals surface area contributed by atoms with E-state index in [9.17, 15) is 18.4 Å². The third-order valence-corrected chi connectivity index (χ3v) is 4.96. The zero-order valence-corrected chi connectivity index (χ0v) is 15.9. The molecule has 2 amide bonds. The van der Waals surface area contributed by atoms with Gasteiger partial charge in [-0.2, -0.15) is 0 Å². The summed E-state index contributed by atoms with van der Waals surface area (Å²) in [6.07, 6.45) is 1.26. The van der Waals surface area contributed by atoms with E-state index < -0.39 is 23.5 Å². The van der Waals surface area contributed by atoms with Gasteiger partial charge in [0.1, 0.15) is 5.75 Å². The summed E-state index contributed by atoms with van der Waals surface area (Å²) in [4.78, 5) is 26.7. The van der Waals surface area contributed by atoms with Gasteiger partial charge in [-0.1, -0.05) is 11.6 Å². The highest BCUT2D eigenvalue weighted by Crippen LogP contribution is 2.28. The predicted molar refractivity (Wildman–Crippen MR) is 102 cm³/mol. The maximum atomic E-state index is 13.4. The summed E-state index contributed by atoms with van der Waals surface area (Å²) in [5.41, 5.74) is 0.585. The quantitative estimate of drug-likeness (QED) is 0.828. The second-order valence-electron chi connectivity index (χ2n) is 6.56. The van der Waals surface area contributed by atoms with Crippen molar-refractivity contribution in [2.45, 2.75) is 12.8 Å². The van der Waals surface area contributed by atoms with E-state index in [0.717, 1.165) is 12.1 Å². The second-order valence-corrected chi connectivity index (χ2v) is 6.96. The molecule has 2 aromatic carbocycles. The second kappa shape index (κ2) is 8.56. The van der Waals surface area contributed by atoms with Crippen LogP contribution in [0.4, 0.5) is 14.5 Å². The Bertz CT molecular complexity index is 907. The van der Waals surface area contributed by atoms with Crippen LogP contribution in [0, 0.1) is 17.6 Å². The molecule has 0 aliphatic carbocycles. The fraction of sp³-hybridized carbons (Fsp3) is 0.300. The maximum absolute atomic E-state index is 13.4. The molecule has 1 aliphatic rings. The summed E-state index contributed by atoms with van der Waals surface area (Å²) in [6.45, 7) is 0.656. The van der Waals surface area contributed by atoms with Crippen LogP contribution in [-0.4, -0.2) is 36.9 Å². The summed E-state index contributed by atoms with van der Waals surface area (Å²) >= 11 is 6.07. The Kier molecular flexibility index (Phi) is 6.14. The lowest BCUT2D eigenvalue weighted by Gasteiger charge is -2.32. The average Bonchev–Trinajstić information content (AvgIpc) is 2.69. The standard InChI is InChI=1S/C20H19ClF2N2O3/c1-28-18-7-5-14(10-15(18)21)24-19(26)13-3-2-8-25(11-13)20(27)12-4-6-16(22)17(23)9-12/h4-7,9-10,13H,2-3,8,11H2,1H3,(H,24,26). The molecule has 1 fully saturated rings. The van der Waals surface area contributed by atoms with Crippen LogP contribution in [0.2, 0.25) is 5.02 Å². The number of hydrogen-bond acceptors (Lipinski definition) is 3. The van der Waals surface area contributed by atoms with Crippen molar-refractivity contribution in [2.24, 2.45) is 5.92 Å². The number of nitrogens with one attached hydrogen (secondary N) is 1. The van der Waals surface area contributed by atoms with Crippen molar-refractivity contribution in [2.75, 3.05) is 25.5 Å². The van der Waals surface area contributed by atoms with Crippen molar-refractivity contribution in [3.05, 3.63) is 58.6 Å². The number of benzene rings is 2. The lowest BCUT2D eigenvalue weighted by Crippen LogP contribution is -2.43. The number of anilines is 1. The van der Waals surface area contributed by atoms with Gasteiger partial charge in [0.2, 0.25) is 5.91 Å². The number of ether oxygens (including phenoxy) is 1. The van der Waals surface area contributed by atoms with Gasteiger partial charge >= 0.3 is 0 Å². The van der Waals surface area contributed by atoms with Gasteiger partial charge in [-0.25, -0.2) is 8.78 Å². The van der Waals surface area contributed by atoms with Crippen molar-refractivity contribution in [3.63, 3.8) is 0 Å². The Morgan fingerprint density at radius 1 is 1.18 bits per heavy atom. The van der Waals surface area contributed by atoms with Crippen molar-refractivity contribution >= 4 is 29.1 Å². The zero-order chi connectivity index (χ0) is 20.3. The molecule has 0 bridgehead atoms. The summed E-state index contributed by atoms with van der Waals surface area (Å²) in [5.74, 6) is -2.66. The van der Waals surface area contributed by atoms with E-state index in [1.807, 2.05) is 0 Å². The lowest BCUT2D eigenvalue weighted by atomic mass is 9.96. The summed E-state index contributed by atoms with van der Waals surface area (Å²) in [6, 6.07) is 7.95. The molecule has 1 N–H and O–H groups in total. The molecule has 0 spiro atoms. The van der Waals surface area contributed by atoms with E-state index in [-0.39, 0.29) is 18.0 Å². The topological polar surface area (TPSA) is 58.6 Å². The molecule has 1 saturated heterocycles. The maximum Gasteiger partial charge on any atom is 0.253 e. The Morgan fingerprint density at radius 3 is 2.64 bits per heavy atom. The van der Waals surface area contributed by atoms with E-state index in [1.54, 1.807) is 18.2 Å². The molecule has 0 saturated carbocycles. The molecule has 8 heteroatoms. The highest BCUT2D eigenvalue weighted by molar-refractivity contribution is 6.32. The minimum atomic E-state index is -1.08. The van der Waals surface area contributed by atoms with E-state index in [4.69, 9.17) is 16.3 Å². The van der Waals surface area contributed by atoms with Gasteiger partial charge in [0.05, 0.1) is 18.1 Å². The molecule has 1 atom stereocenters. The molecule has 148 valence electrons. The first-order valence-corrected chi connectivity index (χ1v) is 9.15. The lowest BCUT2D eigenvalue weighted by molar-refractivity contribution is -0.121. The molecular weight excluding hydrogens is 390 g/mol. The van der Waals surface area contributed by atoms with E-state index >= 15 is 0 Å². The fourth-order valence-electron chi connectivity index (χ4n) is 3.18. The number of amides is 2. The molecule has 0 radical (unpaired) electrons. The predicted octanol–water partition coefficient (Wildman–Crippen LogP) is 4.12. The van der Waals surface area contributed by atoms with Crippen LogP contribution in [0.25, 0.3) is 0 Å². The first kappa shape index (κ1) is 20.1. The Hall–Kier alpha value is -2.67. The number of halogens is 3. The van der Waals surface area contributed by atoms with Crippen LogP contribution in [0.5, 0.6) is 5.75 Å². The van der Waals surface area contributed by atoms with Crippen LogP contribution < -0.4 is 10.1 Å². The highest BCUT2D eigenvalue weighted by Gasteiger charge is 2.29. The number of likely N-dealkylation sites (tertiary alicyclic amines) is 1. The number of hydrogen-bond donors (Lipinski definition) is 1. The smallest absolute Gasteiger partial charge is 0.253 e. The zero-order valence-electron chi connectivity index (χ0n) is 15.2. The van der Waals surface area contributed by atoms with Gasteiger partial charge in [-0.05, 0) is 49.2 Å². The minimum absolute atomic E-state index is 0.0573. The van der Waals surface area contributed by atoms with Crippen LogP contribution in [-0.2, 0) is 4.79 Å². The number of carbonyl (C=O) groups excluding carboxylic acids is 2. The number of methoxy groups -OCH3 is 1. The van der Waals surface area contributed by atoms with E-state index in [1.165, 1.54) is 18.1 Å². The van der Waals surface area contributed by atoms with Crippen molar-refractivity contribution in [3.8, 4) is 5.75 Å². The van der Waals surface area contributed by atoms with Crippen LogP contribution >= 0.6 is 11.6 Å². The Morgan fingerprint density at radius 2 is 1.96 bits per heavy atom.